The molecule has 1 heterocycles. The minimum Gasteiger partial charge on any atom is -0.316 e. The largest absolute Gasteiger partial charge is 0.316 e. The molecule has 0 spiro atoms. The van der Waals surface area contributed by atoms with Crippen LogP contribution in [0.15, 0.2) is 0 Å². The Kier molecular flexibility index (Phi) is 15.1. The molecule has 112 valence electrons. The molecule has 1 nitrogen and oxygen atoms in total. The molecular formula is C17H39N. The Morgan fingerprint density at radius 3 is 1.28 bits per heavy atom. The number of rotatable bonds is 2. The first-order valence-corrected chi connectivity index (χ1v) is 8.14. The predicted octanol–water partition coefficient (Wildman–Crippen LogP) is 5.36. The lowest BCUT2D eigenvalue weighted by Crippen LogP contribution is -2.40. The summed E-state index contributed by atoms with van der Waals surface area (Å²) in [7, 11) is 0. The monoisotopic (exact) mass is 257 g/mol. The fourth-order valence-corrected chi connectivity index (χ4v) is 2.03. The summed E-state index contributed by atoms with van der Waals surface area (Å²) >= 11 is 0. The number of nitrogens with one attached hydrogen (secondary N) is 1. The summed E-state index contributed by atoms with van der Waals surface area (Å²) in [6.07, 6.45) is 3.93. The summed E-state index contributed by atoms with van der Waals surface area (Å²) in [5.74, 6) is 3.51. The summed E-state index contributed by atoms with van der Waals surface area (Å²) in [6, 6.07) is 0. The van der Waals surface area contributed by atoms with Gasteiger partial charge in [-0.2, -0.15) is 0 Å². The second kappa shape index (κ2) is 13.4. The van der Waals surface area contributed by atoms with E-state index in [0.717, 1.165) is 23.7 Å². The van der Waals surface area contributed by atoms with Crippen molar-refractivity contribution in [3.8, 4) is 0 Å². The Bertz CT molecular complexity index is 136. The lowest BCUT2D eigenvalue weighted by Gasteiger charge is -2.34. The van der Waals surface area contributed by atoms with Gasteiger partial charge in [0.2, 0.25) is 0 Å². The molecule has 18 heavy (non-hydrogen) atoms. The van der Waals surface area contributed by atoms with Crippen LogP contribution in [0.4, 0.5) is 0 Å². The van der Waals surface area contributed by atoms with E-state index in [9.17, 15) is 0 Å². The molecule has 1 heteroatoms. The van der Waals surface area contributed by atoms with Crippen LogP contribution in [0.5, 0.6) is 0 Å². The summed E-state index contributed by atoms with van der Waals surface area (Å²) in [5, 5.41) is 3.55. The van der Waals surface area contributed by atoms with Crippen LogP contribution < -0.4 is 5.32 Å². The van der Waals surface area contributed by atoms with Gasteiger partial charge in [0.25, 0.3) is 0 Å². The van der Waals surface area contributed by atoms with Crippen LogP contribution in [-0.4, -0.2) is 13.1 Å². The van der Waals surface area contributed by atoms with Crippen LogP contribution in [0.2, 0.25) is 0 Å². The fraction of sp³-hybridized carbons (Fsp3) is 1.00. The van der Waals surface area contributed by atoms with Crippen LogP contribution in [0.1, 0.15) is 74.7 Å². The van der Waals surface area contributed by atoms with E-state index >= 15 is 0 Å². The third-order valence-corrected chi connectivity index (χ3v) is 3.30. The van der Waals surface area contributed by atoms with Crippen molar-refractivity contribution in [1.82, 2.24) is 5.32 Å². The quantitative estimate of drug-likeness (QED) is 0.702. The molecule has 0 aromatic carbocycles. The molecule has 0 amide bonds. The molecule has 0 aliphatic carbocycles. The third-order valence-electron chi connectivity index (χ3n) is 3.30. The van der Waals surface area contributed by atoms with Crippen molar-refractivity contribution >= 4 is 0 Å². The van der Waals surface area contributed by atoms with Crippen LogP contribution in [0, 0.1) is 23.7 Å². The lowest BCUT2D eigenvalue weighted by molar-refractivity contribution is 0.195. The number of hydrogen-bond donors (Lipinski definition) is 1. The average molecular weight is 258 g/mol. The van der Waals surface area contributed by atoms with Gasteiger partial charge in [0.05, 0.1) is 0 Å². The zero-order valence-electron chi connectivity index (χ0n) is 14.3. The van der Waals surface area contributed by atoms with E-state index in [-0.39, 0.29) is 0 Å². The van der Waals surface area contributed by atoms with E-state index in [1.165, 1.54) is 32.4 Å². The van der Waals surface area contributed by atoms with Crippen molar-refractivity contribution in [3.63, 3.8) is 0 Å². The van der Waals surface area contributed by atoms with E-state index in [4.69, 9.17) is 0 Å². The van der Waals surface area contributed by atoms with Crippen molar-refractivity contribution in [2.45, 2.75) is 74.7 Å². The molecule has 0 bridgehead atoms. The summed E-state index contributed by atoms with van der Waals surface area (Å²) < 4.78 is 0. The maximum absolute atomic E-state index is 3.55. The van der Waals surface area contributed by atoms with Gasteiger partial charge in [0.15, 0.2) is 0 Å². The Hall–Kier alpha value is -0.0400. The van der Waals surface area contributed by atoms with Gasteiger partial charge in [-0.25, -0.2) is 0 Å². The molecule has 1 aliphatic heterocycles. The second-order valence-corrected chi connectivity index (χ2v) is 6.32. The maximum atomic E-state index is 3.55. The predicted molar refractivity (Wildman–Crippen MR) is 86.1 cm³/mol. The highest BCUT2D eigenvalue weighted by Crippen LogP contribution is 2.27. The van der Waals surface area contributed by atoms with Gasteiger partial charge in [-0.3, -0.25) is 0 Å². The van der Waals surface area contributed by atoms with Crippen LogP contribution in [-0.2, 0) is 0 Å². The molecule has 2 unspecified atom stereocenters. The van der Waals surface area contributed by atoms with Crippen LogP contribution in [0.25, 0.3) is 0 Å². The van der Waals surface area contributed by atoms with E-state index in [1.54, 1.807) is 0 Å². The topological polar surface area (TPSA) is 12.0 Å². The van der Waals surface area contributed by atoms with Crippen LogP contribution in [0.3, 0.4) is 0 Å². The van der Waals surface area contributed by atoms with E-state index in [2.05, 4.69) is 60.7 Å². The molecule has 1 rings (SSSR count). The van der Waals surface area contributed by atoms with E-state index in [1.807, 2.05) is 0 Å². The Morgan fingerprint density at radius 2 is 1.06 bits per heavy atom. The van der Waals surface area contributed by atoms with Gasteiger partial charge in [0.1, 0.15) is 0 Å². The molecule has 2 atom stereocenters. The smallest absolute Gasteiger partial charge is 0.00178 e. The highest BCUT2D eigenvalue weighted by atomic mass is 14.9. The SMILES string of the molecule is CC(C)C1CNCC(C(C)C)C1.CCC.CCC. The summed E-state index contributed by atoms with van der Waals surface area (Å²) in [6.45, 7) is 20.3. The van der Waals surface area contributed by atoms with Crippen molar-refractivity contribution in [2.24, 2.45) is 23.7 Å². The average Bonchev–Trinajstić information content (AvgIpc) is 2.31. The molecule has 0 radical (unpaired) electrons. The number of piperidine rings is 1. The number of hydrogen-bond acceptors (Lipinski definition) is 1. The zero-order chi connectivity index (χ0) is 14.6. The Balaban J connectivity index is 0. The Morgan fingerprint density at radius 1 is 0.778 bits per heavy atom. The third kappa shape index (κ3) is 11.1. The summed E-state index contributed by atoms with van der Waals surface area (Å²) in [5.41, 5.74) is 0. The highest BCUT2D eigenvalue weighted by molar-refractivity contribution is 4.79. The van der Waals surface area contributed by atoms with E-state index < -0.39 is 0 Å². The molecule has 0 aromatic rings. The molecule has 0 aromatic heterocycles. The normalized spacial score (nSPS) is 23.0. The maximum Gasteiger partial charge on any atom is -0.00178 e. The fourth-order valence-electron chi connectivity index (χ4n) is 2.03. The highest BCUT2D eigenvalue weighted by Gasteiger charge is 2.25. The molecule has 1 saturated heterocycles. The molecule has 1 N–H and O–H groups in total. The minimum atomic E-state index is 0.846. The first kappa shape index (κ1) is 20.3. The van der Waals surface area contributed by atoms with Gasteiger partial charge in [-0.05, 0) is 43.2 Å². The molecule has 1 fully saturated rings. The van der Waals surface area contributed by atoms with Crippen molar-refractivity contribution < 1.29 is 0 Å². The van der Waals surface area contributed by atoms with Crippen LogP contribution >= 0.6 is 0 Å². The van der Waals surface area contributed by atoms with Gasteiger partial charge in [-0.15, -0.1) is 0 Å². The van der Waals surface area contributed by atoms with Gasteiger partial charge in [-0.1, -0.05) is 68.2 Å². The van der Waals surface area contributed by atoms with Crippen molar-refractivity contribution in [2.75, 3.05) is 13.1 Å². The summed E-state index contributed by atoms with van der Waals surface area (Å²) in [4.78, 5) is 0. The molecule has 0 saturated carbocycles. The first-order valence-electron chi connectivity index (χ1n) is 8.14. The van der Waals surface area contributed by atoms with E-state index in [0.29, 0.717) is 0 Å². The minimum absolute atomic E-state index is 0.846. The second-order valence-electron chi connectivity index (χ2n) is 6.32. The zero-order valence-corrected chi connectivity index (χ0v) is 14.3. The van der Waals surface area contributed by atoms with Crippen molar-refractivity contribution in [1.29, 1.82) is 0 Å². The van der Waals surface area contributed by atoms with Gasteiger partial charge >= 0.3 is 0 Å². The van der Waals surface area contributed by atoms with Crippen molar-refractivity contribution in [3.05, 3.63) is 0 Å². The molecular weight excluding hydrogens is 218 g/mol. The lowest BCUT2D eigenvalue weighted by atomic mass is 9.79. The van der Waals surface area contributed by atoms with Gasteiger partial charge < -0.3 is 5.32 Å². The molecule has 1 aliphatic rings. The first-order chi connectivity index (χ1) is 8.44. The standard InChI is InChI=1S/C11H23N.2C3H8/c1-8(2)10-5-11(9(3)4)7-12-6-10;2*1-3-2/h8-12H,5-7H2,1-4H3;2*3H2,1-2H3. The van der Waals surface area contributed by atoms with Gasteiger partial charge in [0, 0.05) is 0 Å². The Labute approximate surface area is 117 Å².